The maximum Gasteiger partial charge on any atom is 0.243 e. The summed E-state index contributed by atoms with van der Waals surface area (Å²) in [5.41, 5.74) is 7.80. The molecule has 0 saturated carbocycles. The summed E-state index contributed by atoms with van der Waals surface area (Å²) in [6.45, 7) is 3.98. The van der Waals surface area contributed by atoms with Crippen LogP contribution in [-0.4, -0.2) is 19.8 Å². The van der Waals surface area contributed by atoms with E-state index < -0.39 is 10.0 Å². The molecule has 114 valence electrons. The first-order valence-electron chi connectivity index (χ1n) is 6.28. The van der Waals surface area contributed by atoms with Gasteiger partial charge in [-0.15, -0.1) is 11.3 Å². The Kier molecular flexibility index (Phi) is 4.63. The van der Waals surface area contributed by atoms with E-state index in [1.807, 2.05) is 18.4 Å². The van der Waals surface area contributed by atoms with Crippen molar-refractivity contribution in [2.75, 3.05) is 12.8 Å². The van der Waals surface area contributed by atoms with Gasteiger partial charge in [-0.1, -0.05) is 11.6 Å². The molecule has 0 fully saturated rings. The van der Waals surface area contributed by atoms with E-state index in [0.717, 1.165) is 10.4 Å². The molecule has 0 atom stereocenters. The number of hydrogen-bond acceptors (Lipinski definition) is 4. The fraction of sp³-hybridized carbons (Fsp3) is 0.286. The predicted octanol–water partition coefficient (Wildman–Crippen LogP) is 3.42. The van der Waals surface area contributed by atoms with Crippen LogP contribution in [0.5, 0.6) is 0 Å². The third-order valence-corrected chi connectivity index (χ3v) is 6.54. The van der Waals surface area contributed by atoms with Crippen molar-refractivity contribution in [1.82, 2.24) is 4.31 Å². The molecule has 0 aliphatic rings. The van der Waals surface area contributed by atoms with E-state index in [1.165, 1.54) is 10.4 Å². The van der Waals surface area contributed by atoms with Crippen LogP contribution in [0.3, 0.4) is 0 Å². The molecule has 0 unspecified atom stereocenters. The number of halogens is 1. The lowest BCUT2D eigenvalue weighted by molar-refractivity contribution is 0.468. The van der Waals surface area contributed by atoms with Crippen LogP contribution in [0.15, 0.2) is 28.5 Å². The van der Waals surface area contributed by atoms with Crippen LogP contribution in [0, 0.1) is 13.8 Å². The van der Waals surface area contributed by atoms with Gasteiger partial charge in [0.1, 0.15) is 0 Å². The van der Waals surface area contributed by atoms with Crippen molar-refractivity contribution < 1.29 is 8.42 Å². The number of aryl methyl sites for hydroxylation is 1. The zero-order chi connectivity index (χ0) is 15.8. The third-order valence-electron chi connectivity index (χ3n) is 3.39. The lowest BCUT2D eigenvalue weighted by atomic mass is 10.2. The van der Waals surface area contributed by atoms with Crippen LogP contribution in [0.1, 0.15) is 16.0 Å². The predicted molar refractivity (Wildman–Crippen MR) is 88.3 cm³/mol. The normalized spacial score (nSPS) is 12.0. The number of nitrogens with two attached hydrogens (primary N) is 1. The van der Waals surface area contributed by atoms with E-state index in [4.69, 9.17) is 17.3 Å². The summed E-state index contributed by atoms with van der Waals surface area (Å²) in [5.74, 6) is 0. The Morgan fingerprint density at radius 2 is 2.00 bits per heavy atom. The molecule has 2 rings (SSSR count). The number of thiophene rings is 1. The van der Waals surface area contributed by atoms with E-state index in [9.17, 15) is 8.42 Å². The smallest absolute Gasteiger partial charge is 0.243 e. The highest BCUT2D eigenvalue weighted by atomic mass is 35.5. The highest BCUT2D eigenvalue weighted by Crippen LogP contribution is 2.29. The van der Waals surface area contributed by atoms with Crippen molar-refractivity contribution >= 4 is 38.6 Å². The van der Waals surface area contributed by atoms with Gasteiger partial charge in [0.15, 0.2) is 0 Å². The number of rotatable bonds is 4. The minimum Gasteiger partial charge on any atom is -0.398 e. The summed E-state index contributed by atoms with van der Waals surface area (Å²) >= 11 is 7.48. The minimum absolute atomic E-state index is 0.157. The molecule has 2 N–H and O–H groups in total. The second-order valence-corrected chi connectivity index (χ2v) is 8.36. The molecular formula is C14H17ClN2O2S2. The highest BCUT2D eigenvalue weighted by Gasteiger charge is 2.25. The molecule has 0 amide bonds. The number of sulfonamides is 1. The van der Waals surface area contributed by atoms with Gasteiger partial charge in [0.2, 0.25) is 10.0 Å². The first-order chi connectivity index (χ1) is 9.73. The van der Waals surface area contributed by atoms with Crippen molar-refractivity contribution in [3.8, 4) is 0 Å². The fourth-order valence-corrected chi connectivity index (χ4v) is 4.71. The first-order valence-corrected chi connectivity index (χ1v) is 8.98. The Hall–Kier alpha value is -1.08. The Morgan fingerprint density at radius 1 is 1.33 bits per heavy atom. The van der Waals surface area contributed by atoms with E-state index in [0.29, 0.717) is 22.8 Å². The van der Waals surface area contributed by atoms with Gasteiger partial charge in [-0.2, -0.15) is 4.31 Å². The highest BCUT2D eigenvalue weighted by molar-refractivity contribution is 7.89. The number of nitrogen functional groups attached to an aromatic ring is 1. The van der Waals surface area contributed by atoms with Gasteiger partial charge in [-0.05, 0) is 48.6 Å². The number of nitrogens with zero attached hydrogens (tertiary/aromatic N) is 1. The quantitative estimate of drug-likeness (QED) is 0.864. The molecule has 1 aromatic carbocycles. The first kappa shape index (κ1) is 16.3. The Morgan fingerprint density at radius 3 is 2.57 bits per heavy atom. The standard InChI is InChI=1S/C14H17ClN2O2S2/c1-9-4-5-20-13(9)8-17(3)21(18,19)14-7-11(15)6-12(16)10(14)2/h4-7H,8,16H2,1-3H3. The zero-order valence-corrected chi connectivity index (χ0v) is 14.4. The second kappa shape index (κ2) is 5.96. The summed E-state index contributed by atoms with van der Waals surface area (Å²) in [7, 11) is -2.07. The van der Waals surface area contributed by atoms with Gasteiger partial charge < -0.3 is 5.73 Å². The summed E-state index contributed by atoms with van der Waals surface area (Å²) < 4.78 is 26.7. The van der Waals surface area contributed by atoms with E-state index >= 15 is 0 Å². The van der Waals surface area contributed by atoms with Crippen LogP contribution in [-0.2, 0) is 16.6 Å². The third kappa shape index (κ3) is 3.23. The molecule has 0 aliphatic heterocycles. The lowest BCUT2D eigenvalue weighted by Gasteiger charge is -2.19. The summed E-state index contributed by atoms with van der Waals surface area (Å²) in [6.07, 6.45) is 0. The SMILES string of the molecule is Cc1ccsc1CN(C)S(=O)(=O)c1cc(Cl)cc(N)c1C. The maximum atomic E-state index is 12.7. The fourth-order valence-electron chi connectivity index (χ4n) is 1.96. The molecule has 7 heteroatoms. The molecule has 0 spiro atoms. The molecule has 0 saturated heterocycles. The molecule has 0 radical (unpaired) electrons. The summed E-state index contributed by atoms with van der Waals surface area (Å²) in [4.78, 5) is 1.18. The second-order valence-electron chi connectivity index (χ2n) is 4.91. The molecular weight excluding hydrogens is 328 g/mol. The van der Waals surface area contributed by atoms with Crippen molar-refractivity contribution in [2.24, 2.45) is 0 Å². The Labute approximate surface area is 134 Å². The van der Waals surface area contributed by atoms with E-state index in [2.05, 4.69) is 0 Å². The van der Waals surface area contributed by atoms with Gasteiger partial charge in [0, 0.05) is 29.2 Å². The molecule has 0 aliphatic carbocycles. The Balaban J connectivity index is 2.40. The van der Waals surface area contributed by atoms with Gasteiger partial charge in [-0.3, -0.25) is 0 Å². The molecule has 1 aromatic heterocycles. The summed E-state index contributed by atoms with van der Waals surface area (Å²) in [5, 5.41) is 2.27. The van der Waals surface area contributed by atoms with Crippen molar-refractivity contribution in [3.63, 3.8) is 0 Å². The van der Waals surface area contributed by atoms with Crippen molar-refractivity contribution in [2.45, 2.75) is 25.3 Å². The topological polar surface area (TPSA) is 63.4 Å². The van der Waals surface area contributed by atoms with Gasteiger partial charge in [0.25, 0.3) is 0 Å². The maximum absolute atomic E-state index is 12.7. The van der Waals surface area contributed by atoms with Crippen LogP contribution in [0.4, 0.5) is 5.69 Å². The Bertz CT molecular complexity index is 769. The monoisotopic (exact) mass is 344 g/mol. The average Bonchev–Trinajstić information content (AvgIpc) is 2.79. The van der Waals surface area contributed by atoms with E-state index in [-0.39, 0.29) is 4.90 Å². The summed E-state index contributed by atoms with van der Waals surface area (Å²) in [6, 6.07) is 4.97. The number of anilines is 1. The minimum atomic E-state index is -3.63. The molecule has 21 heavy (non-hydrogen) atoms. The molecule has 0 bridgehead atoms. The van der Waals surface area contributed by atoms with E-state index in [1.54, 1.807) is 31.4 Å². The average molecular weight is 345 g/mol. The van der Waals surface area contributed by atoms with Gasteiger partial charge in [-0.25, -0.2) is 8.42 Å². The molecule has 4 nitrogen and oxygen atoms in total. The van der Waals surface area contributed by atoms with Crippen LogP contribution >= 0.6 is 22.9 Å². The van der Waals surface area contributed by atoms with Crippen LogP contribution < -0.4 is 5.73 Å². The molecule has 1 heterocycles. The van der Waals surface area contributed by atoms with Crippen LogP contribution in [0.25, 0.3) is 0 Å². The zero-order valence-electron chi connectivity index (χ0n) is 12.1. The van der Waals surface area contributed by atoms with Gasteiger partial charge in [0.05, 0.1) is 4.90 Å². The lowest BCUT2D eigenvalue weighted by Crippen LogP contribution is -2.27. The number of hydrogen-bond donors (Lipinski definition) is 1. The number of benzene rings is 1. The van der Waals surface area contributed by atoms with Gasteiger partial charge >= 0.3 is 0 Å². The molecule has 2 aromatic rings. The largest absolute Gasteiger partial charge is 0.398 e. The van der Waals surface area contributed by atoms with Crippen molar-refractivity contribution in [1.29, 1.82) is 0 Å². The van der Waals surface area contributed by atoms with Crippen LogP contribution in [0.2, 0.25) is 5.02 Å². The van der Waals surface area contributed by atoms with Crippen molar-refractivity contribution in [3.05, 3.63) is 44.6 Å².